The number of rotatable bonds is 5. The Bertz CT molecular complexity index is 996. The van der Waals surface area contributed by atoms with Gasteiger partial charge in [-0.05, 0) is 24.3 Å². The third-order valence-electron chi connectivity index (χ3n) is 3.44. The standard InChI is InChI=1S/C16H14N8OS/c17-14-19-12(20-15(18)21-14)9-26-16-23-22-13(11-7-4-8-25-11)24(16)10-5-2-1-3-6-10/h1-8H,9H2,(H4,17,18,19,20,21). The van der Waals surface area contributed by atoms with Gasteiger partial charge in [0.05, 0.1) is 12.0 Å². The van der Waals surface area contributed by atoms with Crippen LogP contribution in [0.25, 0.3) is 17.3 Å². The average molecular weight is 366 g/mol. The van der Waals surface area contributed by atoms with Crippen LogP contribution >= 0.6 is 11.8 Å². The van der Waals surface area contributed by atoms with Crippen LogP contribution in [0.2, 0.25) is 0 Å². The van der Waals surface area contributed by atoms with E-state index in [1.165, 1.54) is 11.8 Å². The lowest BCUT2D eigenvalue weighted by Crippen LogP contribution is -2.06. The van der Waals surface area contributed by atoms with Gasteiger partial charge in [0.25, 0.3) is 0 Å². The summed E-state index contributed by atoms with van der Waals surface area (Å²) in [6.07, 6.45) is 1.60. The summed E-state index contributed by atoms with van der Waals surface area (Å²) in [7, 11) is 0. The lowest BCUT2D eigenvalue weighted by atomic mass is 10.3. The second-order valence-corrected chi connectivity index (χ2v) is 6.15. The maximum absolute atomic E-state index is 5.62. The van der Waals surface area contributed by atoms with Crippen molar-refractivity contribution in [3.8, 4) is 17.3 Å². The first-order chi connectivity index (χ1) is 12.7. The lowest BCUT2D eigenvalue weighted by Gasteiger charge is -2.08. The molecule has 130 valence electrons. The van der Waals surface area contributed by atoms with Crippen LogP contribution < -0.4 is 11.5 Å². The highest BCUT2D eigenvalue weighted by molar-refractivity contribution is 7.98. The SMILES string of the molecule is Nc1nc(N)nc(CSc2nnc(-c3ccco3)n2-c2ccccc2)n1. The summed E-state index contributed by atoms with van der Waals surface area (Å²) in [5, 5.41) is 9.24. The molecule has 0 saturated carbocycles. The van der Waals surface area contributed by atoms with E-state index in [2.05, 4.69) is 25.1 Å². The van der Waals surface area contributed by atoms with E-state index in [1.807, 2.05) is 47.0 Å². The van der Waals surface area contributed by atoms with E-state index >= 15 is 0 Å². The highest BCUT2D eigenvalue weighted by Crippen LogP contribution is 2.29. The normalized spacial score (nSPS) is 10.9. The van der Waals surface area contributed by atoms with Gasteiger partial charge in [-0.3, -0.25) is 4.57 Å². The number of anilines is 2. The summed E-state index contributed by atoms with van der Waals surface area (Å²) in [6.45, 7) is 0. The largest absolute Gasteiger partial charge is 0.461 e. The number of hydrogen-bond acceptors (Lipinski definition) is 9. The topological polar surface area (TPSA) is 135 Å². The first-order valence-corrected chi connectivity index (χ1v) is 8.62. The van der Waals surface area contributed by atoms with E-state index in [0.717, 1.165) is 5.69 Å². The molecule has 0 aliphatic heterocycles. The molecule has 1 aromatic carbocycles. The number of nitrogens with two attached hydrogens (primary N) is 2. The molecule has 0 aliphatic rings. The van der Waals surface area contributed by atoms with Gasteiger partial charge in [0.1, 0.15) is 5.82 Å². The molecule has 0 fully saturated rings. The van der Waals surface area contributed by atoms with Gasteiger partial charge < -0.3 is 15.9 Å². The van der Waals surface area contributed by atoms with Gasteiger partial charge in [0.2, 0.25) is 17.7 Å². The van der Waals surface area contributed by atoms with Crippen LogP contribution in [0.4, 0.5) is 11.9 Å². The van der Waals surface area contributed by atoms with Gasteiger partial charge in [0.15, 0.2) is 10.9 Å². The van der Waals surface area contributed by atoms with Crippen molar-refractivity contribution in [2.24, 2.45) is 0 Å². The fourth-order valence-corrected chi connectivity index (χ4v) is 3.20. The van der Waals surface area contributed by atoms with Gasteiger partial charge in [0, 0.05) is 5.69 Å². The van der Waals surface area contributed by atoms with Crippen LogP contribution in [-0.4, -0.2) is 29.7 Å². The fraction of sp³-hybridized carbons (Fsp3) is 0.0625. The third kappa shape index (κ3) is 3.22. The molecule has 3 aromatic heterocycles. The van der Waals surface area contributed by atoms with E-state index in [-0.39, 0.29) is 11.9 Å². The van der Waals surface area contributed by atoms with E-state index in [0.29, 0.717) is 28.3 Å². The molecule has 0 spiro atoms. The van der Waals surface area contributed by atoms with Crippen molar-refractivity contribution in [1.29, 1.82) is 0 Å². The number of thioether (sulfide) groups is 1. The zero-order valence-electron chi connectivity index (χ0n) is 13.5. The Morgan fingerprint density at radius 2 is 1.69 bits per heavy atom. The van der Waals surface area contributed by atoms with Crippen molar-refractivity contribution in [3.63, 3.8) is 0 Å². The number of nitrogens with zero attached hydrogens (tertiary/aromatic N) is 6. The fourth-order valence-electron chi connectivity index (χ4n) is 2.39. The average Bonchev–Trinajstić information content (AvgIpc) is 3.29. The van der Waals surface area contributed by atoms with Crippen molar-refractivity contribution in [2.45, 2.75) is 10.9 Å². The lowest BCUT2D eigenvalue weighted by molar-refractivity contribution is 0.575. The Morgan fingerprint density at radius 1 is 0.923 bits per heavy atom. The molecule has 9 nitrogen and oxygen atoms in total. The van der Waals surface area contributed by atoms with Crippen LogP contribution in [0, 0.1) is 0 Å². The minimum absolute atomic E-state index is 0.0916. The molecule has 0 unspecified atom stereocenters. The van der Waals surface area contributed by atoms with Gasteiger partial charge in [-0.25, -0.2) is 0 Å². The number of para-hydroxylation sites is 1. The van der Waals surface area contributed by atoms with Crippen molar-refractivity contribution in [2.75, 3.05) is 11.5 Å². The molecular formula is C16H14N8OS. The van der Waals surface area contributed by atoms with Gasteiger partial charge in [-0.1, -0.05) is 30.0 Å². The van der Waals surface area contributed by atoms with E-state index in [1.54, 1.807) is 6.26 Å². The molecule has 0 bridgehead atoms. The number of furan rings is 1. The smallest absolute Gasteiger partial charge is 0.225 e. The van der Waals surface area contributed by atoms with E-state index in [4.69, 9.17) is 15.9 Å². The first kappa shape index (κ1) is 16.1. The summed E-state index contributed by atoms with van der Waals surface area (Å²) >= 11 is 1.41. The zero-order valence-corrected chi connectivity index (χ0v) is 14.3. The first-order valence-electron chi connectivity index (χ1n) is 7.64. The quantitative estimate of drug-likeness (QED) is 0.509. The molecule has 4 rings (SSSR count). The summed E-state index contributed by atoms with van der Waals surface area (Å²) in [6, 6.07) is 13.4. The third-order valence-corrected chi connectivity index (χ3v) is 4.36. The van der Waals surface area contributed by atoms with Crippen molar-refractivity contribution >= 4 is 23.7 Å². The van der Waals surface area contributed by atoms with E-state index < -0.39 is 0 Å². The number of benzene rings is 1. The summed E-state index contributed by atoms with van der Waals surface area (Å²) < 4.78 is 7.40. The summed E-state index contributed by atoms with van der Waals surface area (Å²) in [5.74, 6) is 2.31. The zero-order chi connectivity index (χ0) is 17.9. The molecule has 26 heavy (non-hydrogen) atoms. The highest BCUT2D eigenvalue weighted by Gasteiger charge is 2.18. The Labute approximate surface area is 152 Å². The molecule has 4 N–H and O–H groups in total. The maximum Gasteiger partial charge on any atom is 0.225 e. The summed E-state index contributed by atoms with van der Waals surface area (Å²) in [4.78, 5) is 11.9. The maximum atomic E-state index is 5.62. The number of nitrogen functional groups attached to an aromatic ring is 2. The van der Waals surface area contributed by atoms with Crippen LogP contribution in [0.5, 0.6) is 0 Å². The Hall–Kier alpha value is -3.40. The Kier molecular flexibility index (Phi) is 4.23. The van der Waals surface area contributed by atoms with Crippen molar-refractivity contribution in [1.82, 2.24) is 29.7 Å². The highest BCUT2D eigenvalue weighted by atomic mass is 32.2. The predicted molar refractivity (Wildman–Crippen MR) is 97.3 cm³/mol. The molecule has 4 aromatic rings. The van der Waals surface area contributed by atoms with Gasteiger partial charge in [-0.15, -0.1) is 10.2 Å². The number of aromatic nitrogens is 6. The van der Waals surface area contributed by atoms with Gasteiger partial charge in [-0.2, -0.15) is 15.0 Å². The molecule has 0 saturated heterocycles. The molecule has 0 atom stereocenters. The molecule has 0 radical (unpaired) electrons. The summed E-state index contributed by atoms with van der Waals surface area (Å²) in [5.41, 5.74) is 12.2. The monoisotopic (exact) mass is 366 g/mol. The molecule has 3 heterocycles. The Balaban J connectivity index is 1.70. The minimum Gasteiger partial charge on any atom is -0.461 e. The number of hydrogen-bond donors (Lipinski definition) is 2. The van der Waals surface area contributed by atoms with Crippen LogP contribution in [0.3, 0.4) is 0 Å². The Morgan fingerprint density at radius 3 is 2.38 bits per heavy atom. The van der Waals surface area contributed by atoms with Crippen molar-refractivity contribution < 1.29 is 4.42 Å². The molecule has 0 amide bonds. The molecule has 0 aliphatic carbocycles. The molecule has 10 heteroatoms. The van der Waals surface area contributed by atoms with Crippen LogP contribution in [0.15, 0.2) is 58.3 Å². The second-order valence-electron chi connectivity index (χ2n) is 5.21. The van der Waals surface area contributed by atoms with Crippen molar-refractivity contribution in [3.05, 3.63) is 54.6 Å². The van der Waals surface area contributed by atoms with Crippen LogP contribution in [0.1, 0.15) is 5.82 Å². The van der Waals surface area contributed by atoms with E-state index in [9.17, 15) is 0 Å². The minimum atomic E-state index is 0.0916. The second kappa shape index (κ2) is 6.84. The van der Waals surface area contributed by atoms with Crippen LogP contribution in [-0.2, 0) is 5.75 Å². The molecular weight excluding hydrogens is 352 g/mol. The predicted octanol–water partition coefficient (Wildman–Crippen LogP) is 2.17. The van der Waals surface area contributed by atoms with Gasteiger partial charge >= 0.3 is 0 Å².